The summed E-state index contributed by atoms with van der Waals surface area (Å²) >= 11 is 1.74. The zero-order valence-corrected chi connectivity index (χ0v) is 13.2. The van der Waals surface area contributed by atoms with Crippen molar-refractivity contribution in [1.29, 1.82) is 0 Å². The number of aromatic nitrogens is 2. The molecule has 0 atom stereocenters. The third kappa shape index (κ3) is 3.93. The van der Waals surface area contributed by atoms with E-state index in [2.05, 4.69) is 51.3 Å². The van der Waals surface area contributed by atoms with Crippen LogP contribution in [-0.2, 0) is 6.42 Å². The normalized spacial score (nSPS) is 10.6. The lowest BCUT2D eigenvalue weighted by atomic mass is 10.2. The average Bonchev–Trinajstić information content (AvgIpc) is 2.94. The quantitative estimate of drug-likeness (QED) is 0.817. The van der Waals surface area contributed by atoms with Gasteiger partial charge in [-0.25, -0.2) is 9.97 Å². The molecule has 5 heteroatoms. The lowest BCUT2D eigenvalue weighted by molar-refractivity contribution is 0.937. The highest BCUT2D eigenvalue weighted by Gasteiger charge is 2.08. The molecule has 2 heterocycles. The van der Waals surface area contributed by atoms with Crippen LogP contribution in [0.15, 0.2) is 16.8 Å². The third-order valence-electron chi connectivity index (χ3n) is 3.09. The topological polar surface area (TPSA) is 49.8 Å². The van der Waals surface area contributed by atoms with E-state index in [4.69, 9.17) is 0 Å². The summed E-state index contributed by atoms with van der Waals surface area (Å²) in [4.78, 5) is 8.97. The number of aryl methyl sites for hydroxylation is 1. The molecule has 0 aliphatic carbocycles. The number of hydrogen-bond acceptors (Lipinski definition) is 5. The van der Waals surface area contributed by atoms with Gasteiger partial charge in [-0.3, -0.25) is 0 Å². The smallest absolute Gasteiger partial charge is 0.134 e. The number of nitrogens with one attached hydrogen (secondary N) is 2. The summed E-state index contributed by atoms with van der Waals surface area (Å²) in [6.45, 7) is 7.97. The minimum absolute atomic E-state index is 0.798. The van der Waals surface area contributed by atoms with Gasteiger partial charge in [-0.05, 0) is 49.1 Å². The molecule has 0 unspecified atom stereocenters. The molecule has 0 saturated carbocycles. The van der Waals surface area contributed by atoms with Gasteiger partial charge in [0.2, 0.25) is 0 Å². The molecule has 2 N–H and O–H groups in total. The fraction of sp³-hybridized carbons (Fsp3) is 0.467. The second-order valence-electron chi connectivity index (χ2n) is 4.83. The van der Waals surface area contributed by atoms with Crippen molar-refractivity contribution in [3.8, 4) is 0 Å². The molecule has 20 heavy (non-hydrogen) atoms. The standard InChI is InChI=1S/C15H22N4S/c1-4-7-16-14-11(2)15(19-12(3)18-14)17-8-5-13-6-9-20-10-13/h6,9-10H,4-5,7-8H2,1-3H3,(H2,16,17,18,19). The SMILES string of the molecule is CCCNc1nc(C)nc(NCCc2ccsc2)c1C. The Morgan fingerprint density at radius 1 is 1.10 bits per heavy atom. The predicted molar refractivity (Wildman–Crippen MR) is 86.8 cm³/mol. The number of hydrogen-bond donors (Lipinski definition) is 2. The molecular formula is C15H22N4S. The Labute approximate surface area is 124 Å². The lowest BCUT2D eigenvalue weighted by Crippen LogP contribution is -2.12. The van der Waals surface area contributed by atoms with E-state index in [0.717, 1.165) is 49.0 Å². The van der Waals surface area contributed by atoms with Crippen LogP contribution in [0, 0.1) is 13.8 Å². The van der Waals surface area contributed by atoms with Crippen molar-refractivity contribution in [3.63, 3.8) is 0 Å². The fourth-order valence-corrected chi connectivity index (χ4v) is 2.68. The van der Waals surface area contributed by atoms with Crippen LogP contribution in [0.3, 0.4) is 0 Å². The summed E-state index contributed by atoms with van der Waals surface area (Å²) in [6.07, 6.45) is 2.10. The number of anilines is 2. The van der Waals surface area contributed by atoms with E-state index in [9.17, 15) is 0 Å². The van der Waals surface area contributed by atoms with E-state index in [0.29, 0.717) is 0 Å². The first-order chi connectivity index (χ1) is 9.70. The van der Waals surface area contributed by atoms with Crippen LogP contribution >= 0.6 is 11.3 Å². The first-order valence-electron chi connectivity index (χ1n) is 7.04. The summed E-state index contributed by atoms with van der Waals surface area (Å²) in [5, 5.41) is 11.1. The van der Waals surface area contributed by atoms with Crippen molar-refractivity contribution in [2.75, 3.05) is 23.7 Å². The van der Waals surface area contributed by atoms with Crippen LogP contribution in [0.25, 0.3) is 0 Å². The first-order valence-corrected chi connectivity index (χ1v) is 7.99. The van der Waals surface area contributed by atoms with Gasteiger partial charge in [0.25, 0.3) is 0 Å². The van der Waals surface area contributed by atoms with Gasteiger partial charge in [-0.15, -0.1) is 0 Å². The van der Waals surface area contributed by atoms with Gasteiger partial charge in [0.15, 0.2) is 0 Å². The molecule has 0 spiro atoms. The monoisotopic (exact) mass is 290 g/mol. The second-order valence-corrected chi connectivity index (χ2v) is 5.61. The van der Waals surface area contributed by atoms with Crippen LogP contribution in [0.4, 0.5) is 11.6 Å². The number of nitrogens with zero attached hydrogens (tertiary/aromatic N) is 2. The maximum absolute atomic E-state index is 4.50. The van der Waals surface area contributed by atoms with Crippen LogP contribution in [0.1, 0.15) is 30.3 Å². The minimum atomic E-state index is 0.798. The molecule has 0 amide bonds. The van der Waals surface area contributed by atoms with Gasteiger partial charge in [0.1, 0.15) is 17.5 Å². The molecule has 0 aliphatic heterocycles. The Hall–Kier alpha value is -1.62. The molecule has 4 nitrogen and oxygen atoms in total. The van der Waals surface area contributed by atoms with E-state index in [-0.39, 0.29) is 0 Å². The highest BCUT2D eigenvalue weighted by molar-refractivity contribution is 7.07. The van der Waals surface area contributed by atoms with Crippen molar-refractivity contribution in [2.45, 2.75) is 33.6 Å². The Morgan fingerprint density at radius 3 is 2.40 bits per heavy atom. The van der Waals surface area contributed by atoms with E-state index in [1.165, 1.54) is 5.56 Å². The first kappa shape index (κ1) is 14.8. The lowest BCUT2D eigenvalue weighted by Gasteiger charge is -2.13. The van der Waals surface area contributed by atoms with Gasteiger partial charge < -0.3 is 10.6 Å². The van der Waals surface area contributed by atoms with Gasteiger partial charge >= 0.3 is 0 Å². The molecule has 0 saturated heterocycles. The summed E-state index contributed by atoms with van der Waals surface area (Å²) in [5.41, 5.74) is 2.46. The van der Waals surface area contributed by atoms with E-state index >= 15 is 0 Å². The zero-order chi connectivity index (χ0) is 14.4. The van der Waals surface area contributed by atoms with E-state index in [1.807, 2.05) is 6.92 Å². The number of rotatable bonds is 7. The molecule has 0 radical (unpaired) electrons. The maximum atomic E-state index is 4.50. The van der Waals surface area contributed by atoms with Crippen molar-refractivity contribution in [3.05, 3.63) is 33.8 Å². The van der Waals surface area contributed by atoms with Crippen LogP contribution in [-0.4, -0.2) is 23.1 Å². The summed E-state index contributed by atoms with van der Waals surface area (Å²) < 4.78 is 0. The molecule has 0 fully saturated rings. The largest absolute Gasteiger partial charge is 0.370 e. The number of thiophene rings is 1. The molecule has 108 valence electrons. The molecule has 2 aromatic heterocycles. The molecular weight excluding hydrogens is 268 g/mol. The van der Waals surface area contributed by atoms with Crippen LogP contribution < -0.4 is 10.6 Å². The van der Waals surface area contributed by atoms with Crippen LogP contribution in [0.2, 0.25) is 0 Å². The molecule has 0 aromatic carbocycles. The zero-order valence-electron chi connectivity index (χ0n) is 12.4. The Morgan fingerprint density at radius 2 is 1.80 bits per heavy atom. The average molecular weight is 290 g/mol. The Balaban J connectivity index is 2.01. The molecule has 2 rings (SSSR count). The predicted octanol–water partition coefficient (Wildman–Crippen LogP) is 3.63. The Bertz CT molecular complexity index is 537. The van der Waals surface area contributed by atoms with Crippen molar-refractivity contribution in [1.82, 2.24) is 9.97 Å². The fourth-order valence-electron chi connectivity index (χ4n) is 1.98. The minimum Gasteiger partial charge on any atom is -0.370 e. The van der Waals surface area contributed by atoms with Gasteiger partial charge in [0, 0.05) is 18.7 Å². The maximum Gasteiger partial charge on any atom is 0.134 e. The summed E-state index contributed by atoms with van der Waals surface area (Å²) in [6, 6.07) is 2.17. The molecule has 0 aliphatic rings. The van der Waals surface area contributed by atoms with Gasteiger partial charge in [-0.1, -0.05) is 6.92 Å². The highest BCUT2D eigenvalue weighted by Crippen LogP contribution is 2.20. The second kappa shape index (κ2) is 7.24. The highest BCUT2D eigenvalue weighted by atomic mass is 32.1. The van der Waals surface area contributed by atoms with E-state index in [1.54, 1.807) is 11.3 Å². The van der Waals surface area contributed by atoms with Crippen molar-refractivity contribution < 1.29 is 0 Å². The van der Waals surface area contributed by atoms with Crippen LogP contribution in [0.5, 0.6) is 0 Å². The van der Waals surface area contributed by atoms with E-state index < -0.39 is 0 Å². The van der Waals surface area contributed by atoms with Crippen molar-refractivity contribution >= 4 is 23.0 Å². The summed E-state index contributed by atoms with van der Waals surface area (Å²) in [7, 11) is 0. The summed E-state index contributed by atoms with van der Waals surface area (Å²) in [5.74, 6) is 2.68. The van der Waals surface area contributed by atoms with Crippen molar-refractivity contribution in [2.24, 2.45) is 0 Å². The molecule has 0 bridgehead atoms. The third-order valence-corrected chi connectivity index (χ3v) is 3.82. The van der Waals surface area contributed by atoms with Gasteiger partial charge in [0.05, 0.1) is 0 Å². The van der Waals surface area contributed by atoms with Gasteiger partial charge in [-0.2, -0.15) is 11.3 Å². The Kier molecular flexibility index (Phi) is 5.35. The molecule has 2 aromatic rings.